The molecule has 0 fully saturated rings. The number of hydrogen-bond acceptors (Lipinski definition) is 7. The Hall–Kier alpha value is -4.24. The lowest BCUT2D eigenvalue weighted by molar-refractivity contribution is -0.118. The molecule has 3 aromatic rings. The van der Waals surface area contributed by atoms with E-state index in [0.717, 1.165) is 0 Å². The molecular formula is C30H28N4O5S2. The summed E-state index contributed by atoms with van der Waals surface area (Å²) < 4.78 is 53.9. The summed E-state index contributed by atoms with van der Waals surface area (Å²) >= 11 is 0. The van der Waals surface area contributed by atoms with Crippen molar-refractivity contribution in [3.63, 3.8) is 0 Å². The van der Waals surface area contributed by atoms with Gasteiger partial charge >= 0.3 is 0 Å². The van der Waals surface area contributed by atoms with Crippen LogP contribution >= 0.6 is 0 Å². The van der Waals surface area contributed by atoms with Gasteiger partial charge in [0.15, 0.2) is 5.78 Å². The number of ketones is 1. The lowest BCUT2D eigenvalue weighted by Gasteiger charge is -2.44. The molecule has 0 amide bonds. The molecule has 0 saturated heterocycles. The van der Waals surface area contributed by atoms with Crippen molar-refractivity contribution in [2.75, 3.05) is 4.90 Å². The predicted octanol–water partition coefficient (Wildman–Crippen LogP) is 4.29. The van der Waals surface area contributed by atoms with E-state index in [2.05, 4.69) is 10.8 Å². The molecule has 0 spiro atoms. The highest BCUT2D eigenvalue weighted by Gasteiger charge is 2.46. The average Bonchev–Trinajstić information content (AvgIpc) is 2.92. The van der Waals surface area contributed by atoms with Gasteiger partial charge in [0.25, 0.3) is 10.0 Å². The zero-order chi connectivity index (χ0) is 29.6. The number of nitrogens with zero attached hydrogens (tertiary/aromatic N) is 2. The molecule has 0 radical (unpaired) electrons. The molecule has 1 heterocycles. The van der Waals surface area contributed by atoms with Gasteiger partial charge in [-0.2, -0.15) is 5.26 Å². The minimum Gasteiger partial charge on any atom is -0.299 e. The SMILES string of the molecule is CC1(C)CC(=O)C2=C(C1)N(c1ccc(S(N)(=O)=O)cc1)C(NS(=O)(=O)c1ccccc1)=C(C#N)C2c1ccccc1. The molecule has 3 N–H and O–H groups in total. The van der Waals surface area contributed by atoms with Crippen LogP contribution in [0.5, 0.6) is 0 Å². The first-order valence-electron chi connectivity index (χ1n) is 12.8. The lowest BCUT2D eigenvalue weighted by Crippen LogP contribution is -2.44. The zero-order valence-electron chi connectivity index (χ0n) is 22.4. The van der Waals surface area contributed by atoms with E-state index in [4.69, 9.17) is 5.14 Å². The maximum Gasteiger partial charge on any atom is 0.263 e. The van der Waals surface area contributed by atoms with E-state index in [1.54, 1.807) is 47.4 Å². The number of allylic oxidation sites excluding steroid dienone is 3. The van der Waals surface area contributed by atoms with Crippen molar-refractivity contribution in [2.45, 2.75) is 42.4 Å². The number of Topliss-reactive ketones (excluding diaryl/α,β-unsaturated/α-hetero) is 1. The van der Waals surface area contributed by atoms with Crippen LogP contribution in [-0.4, -0.2) is 22.6 Å². The summed E-state index contributed by atoms with van der Waals surface area (Å²) in [4.78, 5) is 15.2. The molecule has 2 aliphatic rings. The molecule has 210 valence electrons. The fraction of sp³-hybridized carbons (Fsp3) is 0.200. The van der Waals surface area contributed by atoms with Crippen molar-refractivity contribution < 1.29 is 21.6 Å². The van der Waals surface area contributed by atoms with Gasteiger partial charge in [-0.1, -0.05) is 62.4 Å². The van der Waals surface area contributed by atoms with E-state index in [-0.39, 0.29) is 33.4 Å². The van der Waals surface area contributed by atoms with E-state index >= 15 is 0 Å². The highest BCUT2D eigenvalue weighted by atomic mass is 32.2. The predicted molar refractivity (Wildman–Crippen MR) is 154 cm³/mol. The zero-order valence-corrected chi connectivity index (χ0v) is 24.0. The maximum absolute atomic E-state index is 13.8. The van der Waals surface area contributed by atoms with Crippen molar-refractivity contribution in [3.05, 3.63) is 113 Å². The first-order valence-corrected chi connectivity index (χ1v) is 15.8. The minimum atomic E-state index is -4.19. The Balaban J connectivity index is 1.81. The second-order valence-corrected chi connectivity index (χ2v) is 14.1. The number of benzene rings is 3. The molecule has 1 unspecified atom stereocenters. The van der Waals surface area contributed by atoms with Crippen LogP contribution in [0.15, 0.2) is 117 Å². The monoisotopic (exact) mass is 588 g/mol. The number of sulfonamides is 2. The number of carbonyl (C=O) groups excluding carboxylic acids is 1. The van der Waals surface area contributed by atoms with Crippen LogP contribution in [0.2, 0.25) is 0 Å². The number of nitriles is 1. The Morgan fingerprint density at radius 3 is 2.02 bits per heavy atom. The normalized spacial score (nSPS) is 19.0. The number of nitrogens with two attached hydrogens (primary N) is 1. The van der Waals surface area contributed by atoms with Gasteiger partial charge in [-0.05, 0) is 53.8 Å². The van der Waals surface area contributed by atoms with Crippen molar-refractivity contribution in [1.82, 2.24) is 4.72 Å². The van der Waals surface area contributed by atoms with E-state index < -0.39 is 31.4 Å². The van der Waals surface area contributed by atoms with Crippen LogP contribution in [0.3, 0.4) is 0 Å². The molecule has 5 rings (SSSR count). The molecule has 0 bridgehead atoms. The van der Waals surface area contributed by atoms with Crippen LogP contribution in [0, 0.1) is 16.7 Å². The summed E-state index contributed by atoms with van der Waals surface area (Å²) in [7, 11) is -8.19. The van der Waals surface area contributed by atoms with Gasteiger partial charge < -0.3 is 0 Å². The Morgan fingerprint density at radius 1 is 0.878 bits per heavy atom. The quantitative estimate of drug-likeness (QED) is 0.436. The van der Waals surface area contributed by atoms with Crippen LogP contribution < -0.4 is 14.8 Å². The molecule has 11 heteroatoms. The van der Waals surface area contributed by atoms with Gasteiger partial charge in [0.2, 0.25) is 10.0 Å². The topological polar surface area (TPSA) is 150 Å². The Kier molecular flexibility index (Phi) is 7.11. The second-order valence-electron chi connectivity index (χ2n) is 10.8. The third-order valence-corrected chi connectivity index (χ3v) is 9.47. The molecule has 1 aliphatic heterocycles. The summed E-state index contributed by atoms with van der Waals surface area (Å²) in [6.45, 7) is 3.90. The Morgan fingerprint density at radius 2 is 1.46 bits per heavy atom. The van der Waals surface area contributed by atoms with Gasteiger partial charge in [-0.25, -0.2) is 22.0 Å². The minimum absolute atomic E-state index is 0.00889. The summed E-state index contributed by atoms with van der Waals surface area (Å²) in [5.41, 5.74) is 1.55. The number of carbonyl (C=O) groups is 1. The first kappa shape index (κ1) is 28.3. The number of primary sulfonamides is 1. The molecule has 1 atom stereocenters. The Bertz CT molecular complexity index is 1840. The van der Waals surface area contributed by atoms with E-state index in [1.807, 2.05) is 19.9 Å². The van der Waals surface area contributed by atoms with Crippen LogP contribution in [0.4, 0.5) is 5.69 Å². The van der Waals surface area contributed by atoms with Gasteiger partial charge in [0.05, 0.1) is 27.4 Å². The van der Waals surface area contributed by atoms with E-state index in [0.29, 0.717) is 28.9 Å². The molecule has 41 heavy (non-hydrogen) atoms. The first-order chi connectivity index (χ1) is 19.3. The molecule has 1 aliphatic carbocycles. The molecule has 9 nitrogen and oxygen atoms in total. The summed E-state index contributed by atoms with van der Waals surface area (Å²) in [5.74, 6) is -0.986. The van der Waals surface area contributed by atoms with Crippen molar-refractivity contribution in [3.8, 4) is 6.07 Å². The number of nitrogens with one attached hydrogen (secondary N) is 1. The fourth-order valence-corrected chi connectivity index (χ4v) is 7.02. The van der Waals surface area contributed by atoms with Gasteiger partial charge in [0.1, 0.15) is 5.82 Å². The third kappa shape index (κ3) is 5.41. The number of rotatable bonds is 6. The number of hydrogen-bond donors (Lipinski definition) is 2. The highest BCUT2D eigenvalue weighted by molar-refractivity contribution is 7.89. The molecule has 0 aromatic heterocycles. The molecule has 3 aromatic carbocycles. The van der Waals surface area contributed by atoms with E-state index in [1.165, 1.54) is 36.4 Å². The van der Waals surface area contributed by atoms with Gasteiger partial charge in [0, 0.05) is 23.4 Å². The summed E-state index contributed by atoms with van der Waals surface area (Å²) in [6, 6.07) is 24.5. The van der Waals surface area contributed by atoms with E-state index in [9.17, 15) is 26.9 Å². The lowest BCUT2D eigenvalue weighted by atomic mass is 9.68. The van der Waals surface area contributed by atoms with Gasteiger partial charge in [-0.15, -0.1) is 0 Å². The number of anilines is 1. The third-order valence-electron chi connectivity index (χ3n) is 7.18. The maximum atomic E-state index is 13.8. The molecule has 0 saturated carbocycles. The Labute approximate surface area is 239 Å². The van der Waals surface area contributed by atoms with Crippen LogP contribution in [0.25, 0.3) is 0 Å². The van der Waals surface area contributed by atoms with Crippen LogP contribution in [0.1, 0.15) is 38.2 Å². The second kappa shape index (κ2) is 10.3. The molecular weight excluding hydrogens is 560 g/mol. The summed E-state index contributed by atoms with van der Waals surface area (Å²) in [5, 5.41) is 15.9. The highest BCUT2D eigenvalue weighted by Crippen LogP contribution is 2.50. The van der Waals surface area contributed by atoms with Crippen molar-refractivity contribution >= 4 is 31.5 Å². The smallest absolute Gasteiger partial charge is 0.263 e. The largest absolute Gasteiger partial charge is 0.299 e. The van der Waals surface area contributed by atoms with Crippen molar-refractivity contribution in [2.24, 2.45) is 10.6 Å². The average molecular weight is 589 g/mol. The van der Waals surface area contributed by atoms with Gasteiger partial charge in [-0.3, -0.25) is 14.4 Å². The standard InChI is InChI=1S/C30H28N4O5S2/c1-30(2)17-25-28(26(35)18-30)27(20-9-5-3-6-10-20)24(19-31)29(33-41(38,39)23-11-7-4-8-12-23)34(25)21-13-15-22(16-14-21)40(32,36)37/h3-16,27,33H,17-18H2,1-2H3,(H2,32,36,37). The summed E-state index contributed by atoms with van der Waals surface area (Å²) in [6.07, 6.45) is 0.640. The van der Waals surface area contributed by atoms with Crippen LogP contribution in [-0.2, 0) is 24.8 Å². The van der Waals surface area contributed by atoms with Crippen molar-refractivity contribution in [1.29, 1.82) is 5.26 Å². The fourth-order valence-electron chi connectivity index (χ4n) is 5.42.